The predicted octanol–water partition coefficient (Wildman–Crippen LogP) is 2.77. The van der Waals surface area contributed by atoms with E-state index in [1.807, 2.05) is 30.3 Å². The molecule has 3 rings (SSSR count). The van der Waals surface area contributed by atoms with Crippen LogP contribution in [0.15, 0.2) is 30.3 Å². The number of esters is 1. The molecule has 2 fully saturated rings. The van der Waals surface area contributed by atoms with Crippen LogP contribution in [0, 0.1) is 5.41 Å². The van der Waals surface area contributed by atoms with E-state index in [0.717, 1.165) is 31.2 Å². The van der Waals surface area contributed by atoms with Gasteiger partial charge < -0.3 is 14.7 Å². The molecule has 7 heteroatoms. The Balaban J connectivity index is 1.67. The lowest BCUT2D eigenvalue weighted by molar-refractivity contribution is -0.150. The van der Waals surface area contributed by atoms with Crippen LogP contribution in [0.1, 0.15) is 57.9 Å². The lowest BCUT2D eigenvalue weighted by Gasteiger charge is -2.29. The normalized spacial score (nSPS) is 21.7. The molecular weight excluding hydrogens is 396 g/mol. The fourth-order valence-electron chi connectivity index (χ4n) is 5.09. The molecule has 1 spiro atoms. The Morgan fingerprint density at radius 2 is 1.90 bits per heavy atom. The van der Waals surface area contributed by atoms with Crippen LogP contribution in [0.4, 0.5) is 0 Å². The summed E-state index contributed by atoms with van der Waals surface area (Å²) in [6.45, 7) is 4.21. The largest absolute Gasteiger partial charge is 0.480 e. The first-order valence-corrected chi connectivity index (χ1v) is 11.3. The topological polar surface area (TPSA) is 95.9 Å². The zero-order valence-corrected chi connectivity index (χ0v) is 18.5. The maximum Gasteiger partial charge on any atom is 0.326 e. The monoisotopic (exact) mass is 430 g/mol. The number of carboxylic acid groups (broad SMARTS) is 1. The van der Waals surface area contributed by atoms with Gasteiger partial charge in [0.25, 0.3) is 0 Å². The minimum atomic E-state index is -0.949. The van der Waals surface area contributed by atoms with Crippen molar-refractivity contribution in [2.75, 3.05) is 13.2 Å². The first-order valence-electron chi connectivity index (χ1n) is 11.3. The minimum absolute atomic E-state index is 0.0632. The number of carbonyl (C=O) groups is 3. The average Bonchev–Trinajstić information content (AvgIpc) is 3.38. The summed E-state index contributed by atoms with van der Waals surface area (Å²) in [5.41, 5.74) is 1.04. The Hall–Kier alpha value is -2.41. The molecule has 1 aromatic rings. The summed E-state index contributed by atoms with van der Waals surface area (Å²) in [6, 6.07) is 7.74. The van der Waals surface area contributed by atoms with Gasteiger partial charge in [-0.2, -0.15) is 0 Å². The number of nitrogens with zero attached hydrogens (tertiary/aromatic N) is 1. The highest BCUT2D eigenvalue weighted by molar-refractivity contribution is 5.88. The molecule has 2 aliphatic rings. The van der Waals surface area contributed by atoms with E-state index >= 15 is 0 Å². The van der Waals surface area contributed by atoms with E-state index in [-0.39, 0.29) is 23.9 Å². The maximum atomic E-state index is 13.2. The van der Waals surface area contributed by atoms with Crippen molar-refractivity contribution in [3.63, 3.8) is 0 Å². The summed E-state index contributed by atoms with van der Waals surface area (Å²) in [4.78, 5) is 39.1. The number of rotatable bonds is 9. The van der Waals surface area contributed by atoms with E-state index in [0.29, 0.717) is 25.8 Å². The number of amides is 1. The Morgan fingerprint density at radius 3 is 2.52 bits per heavy atom. The van der Waals surface area contributed by atoms with Crippen LogP contribution in [0.25, 0.3) is 0 Å². The van der Waals surface area contributed by atoms with Gasteiger partial charge >= 0.3 is 11.9 Å². The lowest BCUT2D eigenvalue weighted by atomic mass is 9.84. The van der Waals surface area contributed by atoms with Crippen LogP contribution in [0.5, 0.6) is 0 Å². The number of aryl methyl sites for hydroxylation is 1. The van der Waals surface area contributed by atoms with Crippen LogP contribution < -0.4 is 5.32 Å². The van der Waals surface area contributed by atoms with Gasteiger partial charge in [-0.1, -0.05) is 43.2 Å². The number of aliphatic carboxylic acids is 1. The summed E-state index contributed by atoms with van der Waals surface area (Å²) in [5.74, 6) is -1.60. The van der Waals surface area contributed by atoms with Gasteiger partial charge in [0.1, 0.15) is 12.1 Å². The van der Waals surface area contributed by atoms with E-state index in [1.54, 1.807) is 13.8 Å². The summed E-state index contributed by atoms with van der Waals surface area (Å²) >= 11 is 0. The van der Waals surface area contributed by atoms with Gasteiger partial charge in [-0.3, -0.25) is 14.9 Å². The zero-order chi connectivity index (χ0) is 22.4. The molecule has 1 heterocycles. The lowest BCUT2D eigenvalue weighted by Crippen LogP contribution is -2.53. The van der Waals surface area contributed by atoms with Gasteiger partial charge in [-0.05, 0) is 56.9 Å². The second kappa shape index (κ2) is 10.3. The van der Waals surface area contributed by atoms with Crippen LogP contribution in [-0.4, -0.2) is 59.1 Å². The zero-order valence-electron chi connectivity index (χ0n) is 18.5. The molecule has 170 valence electrons. The van der Waals surface area contributed by atoms with E-state index < -0.39 is 24.1 Å². The van der Waals surface area contributed by atoms with E-state index in [9.17, 15) is 19.5 Å². The maximum absolute atomic E-state index is 13.2. The summed E-state index contributed by atoms with van der Waals surface area (Å²) < 4.78 is 5.21. The molecule has 0 aromatic heterocycles. The molecule has 0 bridgehead atoms. The van der Waals surface area contributed by atoms with Crippen molar-refractivity contribution >= 4 is 17.8 Å². The molecule has 1 saturated carbocycles. The molecule has 2 unspecified atom stereocenters. The third-order valence-corrected chi connectivity index (χ3v) is 6.70. The fourth-order valence-corrected chi connectivity index (χ4v) is 5.09. The predicted molar refractivity (Wildman–Crippen MR) is 116 cm³/mol. The number of hydrogen-bond donors (Lipinski definition) is 2. The highest BCUT2D eigenvalue weighted by atomic mass is 16.5. The molecule has 3 atom stereocenters. The van der Waals surface area contributed by atoms with Crippen molar-refractivity contribution < 1.29 is 24.2 Å². The average molecular weight is 431 g/mol. The van der Waals surface area contributed by atoms with Gasteiger partial charge in [-0.25, -0.2) is 4.79 Å². The van der Waals surface area contributed by atoms with Crippen LogP contribution in [0.2, 0.25) is 0 Å². The van der Waals surface area contributed by atoms with Gasteiger partial charge in [-0.15, -0.1) is 0 Å². The Bertz CT molecular complexity index is 775. The molecule has 1 amide bonds. The Labute approximate surface area is 184 Å². The van der Waals surface area contributed by atoms with Gasteiger partial charge in [0.05, 0.1) is 12.6 Å². The minimum Gasteiger partial charge on any atom is -0.480 e. The van der Waals surface area contributed by atoms with Crippen molar-refractivity contribution in [3.8, 4) is 0 Å². The molecule has 7 nitrogen and oxygen atoms in total. The fraction of sp³-hybridized carbons (Fsp3) is 0.625. The van der Waals surface area contributed by atoms with Crippen LogP contribution in [-0.2, 0) is 25.5 Å². The van der Waals surface area contributed by atoms with Crippen LogP contribution in [0.3, 0.4) is 0 Å². The number of carboxylic acids is 1. The standard InChI is InChI=1S/C24H34N2O5/c1-3-31-23(30)19(12-11-18-9-5-4-6-10-18)25-17(2)21(27)26-16-24(13-7-8-14-24)15-20(26)22(28)29/h4-6,9-10,17,19-20,25H,3,7-8,11-16H2,1-2H3,(H,28,29)/t17-,19?,20?/m0/s1. The molecule has 1 saturated heterocycles. The highest BCUT2D eigenvalue weighted by Gasteiger charge is 2.50. The van der Waals surface area contributed by atoms with Gasteiger partial charge in [0, 0.05) is 6.54 Å². The van der Waals surface area contributed by atoms with E-state index in [2.05, 4.69) is 5.32 Å². The molecule has 2 N–H and O–H groups in total. The number of nitrogens with one attached hydrogen (secondary N) is 1. The first-order chi connectivity index (χ1) is 14.8. The van der Waals surface area contributed by atoms with Crippen molar-refractivity contribution in [1.29, 1.82) is 0 Å². The second-order valence-electron chi connectivity index (χ2n) is 8.95. The van der Waals surface area contributed by atoms with Crippen LogP contribution >= 0.6 is 0 Å². The number of carbonyl (C=O) groups excluding carboxylic acids is 2. The third kappa shape index (κ3) is 5.64. The smallest absolute Gasteiger partial charge is 0.326 e. The summed E-state index contributed by atoms with van der Waals surface area (Å²) in [5, 5.41) is 12.8. The Morgan fingerprint density at radius 1 is 1.23 bits per heavy atom. The summed E-state index contributed by atoms with van der Waals surface area (Å²) in [6.07, 6.45) is 5.82. The quantitative estimate of drug-likeness (QED) is 0.585. The third-order valence-electron chi connectivity index (χ3n) is 6.70. The molecule has 1 aromatic carbocycles. The number of benzene rings is 1. The van der Waals surface area contributed by atoms with E-state index in [4.69, 9.17) is 4.74 Å². The Kier molecular flexibility index (Phi) is 7.70. The molecule has 1 aliphatic heterocycles. The van der Waals surface area contributed by atoms with Crippen molar-refractivity contribution in [3.05, 3.63) is 35.9 Å². The molecule has 31 heavy (non-hydrogen) atoms. The number of ether oxygens (including phenoxy) is 1. The first kappa shape index (κ1) is 23.3. The van der Waals surface area contributed by atoms with Gasteiger partial charge in [0.2, 0.25) is 5.91 Å². The number of likely N-dealkylation sites (tertiary alicyclic amines) is 1. The summed E-state index contributed by atoms with van der Waals surface area (Å²) in [7, 11) is 0. The SMILES string of the molecule is CCOC(=O)C(CCc1ccccc1)N[C@@H](C)C(=O)N1CC2(CCCC2)CC1C(=O)O. The van der Waals surface area contributed by atoms with Crippen molar-refractivity contribution in [2.45, 2.75) is 76.9 Å². The molecular formula is C24H34N2O5. The van der Waals surface area contributed by atoms with Crippen molar-refractivity contribution in [1.82, 2.24) is 10.2 Å². The van der Waals surface area contributed by atoms with Gasteiger partial charge in [0.15, 0.2) is 0 Å². The second-order valence-corrected chi connectivity index (χ2v) is 8.95. The molecule has 1 aliphatic carbocycles. The van der Waals surface area contributed by atoms with E-state index in [1.165, 1.54) is 4.90 Å². The molecule has 0 radical (unpaired) electrons. The highest BCUT2D eigenvalue weighted by Crippen LogP contribution is 2.47. The number of hydrogen-bond acceptors (Lipinski definition) is 5. The van der Waals surface area contributed by atoms with Crippen molar-refractivity contribution in [2.24, 2.45) is 5.41 Å².